The van der Waals surface area contributed by atoms with E-state index in [1.54, 1.807) is 50.0 Å². The molecule has 1 N–H and O–H groups in total. The Balaban J connectivity index is 1.37. The minimum atomic E-state index is -0.337. The molecule has 186 valence electrons. The van der Waals surface area contributed by atoms with Gasteiger partial charge in [-0.25, -0.2) is 9.48 Å². The molecule has 2 aromatic carbocycles. The fourth-order valence-corrected chi connectivity index (χ4v) is 4.75. The second kappa shape index (κ2) is 9.66. The monoisotopic (exact) mass is 506 g/mol. The number of rotatable bonds is 4. The van der Waals surface area contributed by atoms with E-state index in [1.165, 1.54) is 0 Å². The van der Waals surface area contributed by atoms with Gasteiger partial charge in [0.15, 0.2) is 0 Å². The van der Waals surface area contributed by atoms with Gasteiger partial charge < -0.3 is 20.0 Å². The van der Waals surface area contributed by atoms with Crippen molar-refractivity contribution in [3.63, 3.8) is 0 Å². The van der Waals surface area contributed by atoms with E-state index in [4.69, 9.17) is 11.6 Å². The molecule has 10 heteroatoms. The van der Waals surface area contributed by atoms with Gasteiger partial charge in [0.1, 0.15) is 0 Å². The largest absolute Gasteiger partial charge is 0.335 e. The quantitative estimate of drug-likeness (QED) is 0.550. The summed E-state index contributed by atoms with van der Waals surface area (Å²) in [6.07, 6.45) is 3.47. The van der Waals surface area contributed by atoms with E-state index in [2.05, 4.69) is 10.4 Å². The van der Waals surface area contributed by atoms with Crippen LogP contribution in [-0.2, 0) is 11.3 Å². The highest BCUT2D eigenvalue weighted by molar-refractivity contribution is 6.34. The number of amides is 4. The van der Waals surface area contributed by atoms with Gasteiger partial charge in [0.05, 0.1) is 22.8 Å². The number of nitrogens with zero attached hydrogens (tertiary/aromatic N) is 5. The molecule has 3 aromatic rings. The van der Waals surface area contributed by atoms with Crippen LogP contribution in [0.4, 0.5) is 10.5 Å². The lowest BCUT2D eigenvalue weighted by Gasteiger charge is -2.29. The van der Waals surface area contributed by atoms with E-state index in [9.17, 15) is 14.4 Å². The normalized spacial score (nSPS) is 18.9. The molecule has 0 radical (unpaired) electrons. The first kappa shape index (κ1) is 23.9. The Labute approximate surface area is 214 Å². The Morgan fingerprint density at radius 3 is 2.47 bits per heavy atom. The van der Waals surface area contributed by atoms with E-state index in [1.807, 2.05) is 44.2 Å². The molecule has 2 aliphatic heterocycles. The molecular weight excluding hydrogens is 480 g/mol. The van der Waals surface area contributed by atoms with Gasteiger partial charge in [0, 0.05) is 49.8 Å². The maximum Gasteiger partial charge on any atom is 0.318 e. The van der Waals surface area contributed by atoms with Crippen molar-refractivity contribution in [1.29, 1.82) is 0 Å². The minimum absolute atomic E-state index is 0.0467. The van der Waals surface area contributed by atoms with Crippen molar-refractivity contribution in [3.05, 3.63) is 77.1 Å². The molecule has 5 rings (SSSR count). The van der Waals surface area contributed by atoms with Crippen LogP contribution in [0.1, 0.15) is 29.8 Å². The second-order valence-electron chi connectivity index (χ2n) is 9.19. The third-order valence-corrected chi connectivity index (χ3v) is 6.94. The highest BCUT2D eigenvalue weighted by Gasteiger charge is 2.35. The summed E-state index contributed by atoms with van der Waals surface area (Å²) in [5.41, 5.74) is 2.68. The molecular formula is C26H27ClN6O3. The van der Waals surface area contributed by atoms with Crippen LogP contribution in [0.2, 0.25) is 5.02 Å². The molecule has 9 nitrogen and oxygen atoms in total. The fourth-order valence-electron chi connectivity index (χ4n) is 4.50. The lowest BCUT2D eigenvalue weighted by atomic mass is 10.1. The molecule has 1 aromatic heterocycles. The van der Waals surface area contributed by atoms with E-state index < -0.39 is 0 Å². The predicted molar refractivity (Wildman–Crippen MR) is 136 cm³/mol. The van der Waals surface area contributed by atoms with Gasteiger partial charge in [0.25, 0.3) is 5.91 Å². The Bertz CT molecular complexity index is 1310. The molecule has 1 saturated heterocycles. The average Bonchev–Trinajstić information content (AvgIpc) is 3.40. The Morgan fingerprint density at radius 2 is 1.78 bits per heavy atom. The zero-order valence-corrected chi connectivity index (χ0v) is 20.9. The van der Waals surface area contributed by atoms with Crippen LogP contribution >= 0.6 is 11.6 Å². The van der Waals surface area contributed by atoms with Crippen LogP contribution in [0.25, 0.3) is 5.69 Å². The Morgan fingerprint density at radius 1 is 1.03 bits per heavy atom. The molecule has 0 saturated carbocycles. The molecule has 0 spiro atoms. The fraction of sp³-hybridized carbons (Fsp3) is 0.308. The van der Waals surface area contributed by atoms with Crippen LogP contribution in [0.15, 0.2) is 60.9 Å². The number of hydrogen-bond donors (Lipinski definition) is 1. The smallest absolute Gasteiger partial charge is 0.318 e. The van der Waals surface area contributed by atoms with Gasteiger partial charge in [-0.2, -0.15) is 5.10 Å². The summed E-state index contributed by atoms with van der Waals surface area (Å²) < 4.78 is 1.67. The lowest BCUT2D eigenvalue weighted by Crippen LogP contribution is -2.49. The van der Waals surface area contributed by atoms with Gasteiger partial charge in [-0.1, -0.05) is 29.8 Å². The number of hydrogen-bond acceptors (Lipinski definition) is 4. The van der Waals surface area contributed by atoms with Gasteiger partial charge in [0.2, 0.25) is 5.91 Å². The number of fused-ring (bicyclic) bond motifs is 1. The maximum absolute atomic E-state index is 13.7. The first-order valence-corrected chi connectivity index (χ1v) is 12.2. The number of nitrogens with one attached hydrogen (secondary N) is 1. The first-order valence-electron chi connectivity index (χ1n) is 11.9. The van der Waals surface area contributed by atoms with Crippen molar-refractivity contribution in [2.45, 2.75) is 32.5 Å². The van der Waals surface area contributed by atoms with Crippen LogP contribution in [0.3, 0.4) is 0 Å². The molecule has 3 heterocycles. The van der Waals surface area contributed by atoms with E-state index >= 15 is 0 Å². The number of benzene rings is 2. The first-order chi connectivity index (χ1) is 17.3. The summed E-state index contributed by atoms with van der Waals surface area (Å²) in [6, 6.07) is 14.1. The highest BCUT2D eigenvalue weighted by Crippen LogP contribution is 2.30. The van der Waals surface area contributed by atoms with Crippen molar-refractivity contribution in [2.24, 2.45) is 0 Å². The summed E-state index contributed by atoms with van der Waals surface area (Å²) in [5, 5.41) is 7.28. The molecule has 0 bridgehead atoms. The lowest BCUT2D eigenvalue weighted by molar-refractivity contribution is -0.125. The number of para-hydroxylation sites is 1. The van der Waals surface area contributed by atoms with Crippen molar-refractivity contribution < 1.29 is 14.4 Å². The molecule has 2 atom stereocenters. The molecule has 1 unspecified atom stereocenters. The summed E-state index contributed by atoms with van der Waals surface area (Å²) in [5.74, 6) is -0.344. The number of carbonyl (C=O) groups excluding carboxylic acids is 3. The van der Waals surface area contributed by atoms with Crippen LogP contribution in [0, 0.1) is 0 Å². The van der Waals surface area contributed by atoms with E-state index in [0.717, 1.165) is 23.5 Å². The zero-order chi connectivity index (χ0) is 25.4. The van der Waals surface area contributed by atoms with E-state index in [0.29, 0.717) is 17.1 Å². The van der Waals surface area contributed by atoms with Crippen LogP contribution < -0.4 is 10.2 Å². The maximum atomic E-state index is 13.7. The molecule has 0 aliphatic carbocycles. The number of aromatic nitrogens is 2. The van der Waals surface area contributed by atoms with Crippen molar-refractivity contribution in [1.82, 2.24) is 24.9 Å². The molecule has 2 aliphatic rings. The number of urea groups is 1. The summed E-state index contributed by atoms with van der Waals surface area (Å²) in [6.45, 7) is 5.13. The highest BCUT2D eigenvalue weighted by atomic mass is 35.5. The number of anilines is 1. The summed E-state index contributed by atoms with van der Waals surface area (Å²) >= 11 is 6.56. The molecule has 4 amide bonds. The minimum Gasteiger partial charge on any atom is -0.335 e. The third kappa shape index (κ3) is 4.66. The zero-order valence-electron chi connectivity index (χ0n) is 20.1. The summed E-state index contributed by atoms with van der Waals surface area (Å²) in [4.78, 5) is 44.0. The van der Waals surface area contributed by atoms with Gasteiger partial charge in [-0.15, -0.1) is 0 Å². The summed E-state index contributed by atoms with van der Waals surface area (Å²) in [7, 11) is 0. The third-order valence-electron chi connectivity index (χ3n) is 6.63. The van der Waals surface area contributed by atoms with Crippen molar-refractivity contribution in [3.8, 4) is 5.69 Å². The predicted octanol–water partition coefficient (Wildman–Crippen LogP) is 3.32. The number of halogens is 1. The van der Waals surface area contributed by atoms with E-state index in [-0.39, 0.29) is 43.0 Å². The second-order valence-corrected chi connectivity index (χ2v) is 9.60. The topological polar surface area (TPSA) is 90.5 Å². The van der Waals surface area contributed by atoms with Gasteiger partial charge >= 0.3 is 6.03 Å². The molecule has 36 heavy (non-hydrogen) atoms. The van der Waals surface area contributed by atoms with Gasteiger partial charge in [-0.3, -0.25) is 9.59 Å². The van der Waals surface area contributed by atoms with Crippen LogP contribution in [0.5, 0.6) is 0 Å². The van der Waals surface area contributed by atoms with Gasteiger partial charge in [-0.05, 0) is 49.7 Å². The Kier molecular flexibility index (Phi) is 6.40. The standard InChI is InChI=1S/C26H27ClN6O3/c1-17-14-30(17)24(34)13-28-26(36)31-16-19-6-3-4-7-23(19)32(15-18(31)2)25(35)21-9-8-20(12-22(21)27)33-11-5-10-29-33/h3-12,17-18H,13-16H2,1-2H3,(H,28,36)/t17?,18-,30?/m1/s1. The average molecular weight is 507 g/mol. The van der Waals surface area contributed by atoms with Crippen LogP contribution in [-0.4, -0.2) is 69.1 Å². The Hall–Kier alpha value is -3.85. The SMILES string of the molecule is CC1CN1C(=O)CNC(=O)N1Cc2ccccc2N(C(=O)c2ccc(-n3cccn3)cc2Cl)C[C@H]1C. The molecule has 1 fully saturated rings. The number of carbonyl (C=O) groups is 3. The van der Waals surface area contributed by atoms with Crippen molar-refractivity contribution >= 4 is 35.1 Å². The van der Waals surface area contributed by atoms with Crippen molar-refractivity contribution in [2.75, 3.05) is 24.5 Å².